The van der Waals surface area contributed by atoms with E-state index in [4.69, 9.17) is 11.6 Å². The van der Waals surface area contributed by atoms with Crippen molar-refractivity contribution >= 4 is 34.1 Å². The Kier molecular flexibility index (Phi) is 4.67. The zero-order valence-corrected chi connectivity index (χ0v) is 13.9. The van der Waals surface area contributed by atoms with Crippen molar-refractivity contribution in [3.63, 3.8) is 0 Å². The third-order valence-corrected chi connectivity index (χ3v) is 4.02. The molecular weight excluding hydrogens is 347 g/mol. The number of pyridine rings is 2. The van der Waals surface area contributed by atoms with E-state index in [1.165, 1.54) is 24.4 Å². The van der Waals surface area contributed by atoms with Gasteiger partial charge in [-0.2, -0.15) is 0 Å². The number of nitrogens with zero attached hydrogens (tertiary/aromatic N) is 1. The van der Waals surface area contributed by atoms with Gasteiger partial charge in [0.1, 0.15) is 5.82 Å². The SMILES string of the molecule is C[C@H](NC(=O)Nc1ccc(F)c(Cl)c1)c1c[nH]c(=O)c2ccncc12. The van der Waals surface area contributed by atoms with E-state index in [1.54, 1.807) is 25.4 Å². The van der Waals surface area contributed by atoms with Gasteiger partial charge in [0.25, 0.3) is 5.56 Å². The molecule has 2 heterocycles. The van der Waals surface area contributed by atoms with Crippen LogP contribution in [0.4, 0.5) is 14.9 Å². The van der Waals surface area contributed by atoms with Gasteiger partial charge in [-0.1, -0.05) is 11.6 Å². The fourth-order valence-corrected chi connectivity index (χ4v) is 2.68. The number of hydrogen-bond acceptors (Lipinski definition) is 3. The molecule has 0 saturated heterocycles. The van der Waals surface area contributed by atoms with Crippen LogP contribution in [0.15, 0.2) is 47.7 Å². The summed E-state index contributed by atoms with van der Waals surface area (Å²) in [6.45, 7) is 1.78. The van der Waals surface area contributed by atoms with Crippen molar-refractivity contribution in [3.8, 4) is 0 Å². The lowest BCUT2D eigenvalue weighted by Crippen LogP contribution is -2.31. The molecule has 1 atom stereocenters. The van der Waals surface area contributed by atoms with Crippen LogP contribution in [0.25, 0.3) is 10.8 Å². The molecule has 0 spiro atoms. The van der Waals surface area contributed by atoms with E-state index < -0.39 is 17.9 Å². The van der Waals surface area contributed by atoms with Crippen LogP contribution in [-0.4, -0.2) is 16.0 Å². The first-order valence-corrected chi connectivity index (χ1v) is 7.81. The van der Waals surface area contributed by atoms with Gasteiger partial charge in [0, 0.05) is 29.7 Å². The number of carbonyl (C=O) groups excluding carboxylic acids is 1. The largest absolute Gasteiger partial charge is 0.331 e. The Hall–Kier alpha value is -2.93. The molecule has 0 saturated carbocycles. The van der Waals surface area contributed by atoms with Crippen molar-refractivity contribution in [3.05, 3.63) is 69.6 Å². The lowest BCUT2D eigenvalue weighted by atomic mass is 10.0. The van der Waals surface area contributed by atoms with Gasteiger partial charge in [-0.3, -0.25) is 9.78 Å². The minimum atomic E-state index is -0.562. The molecular formula is C17H14ClFN4O2. The maximum absolute atomic E-state index is 13.2. The van der Waals surface area contributed by atoms with Gasteiger partial charge in [-0.05, 0) is 36.8 Å². The number of benzene rings is 1. The number of anilines is 1. The molecule has 6 nitrogen and oxygen atoms in total. The summed E-state index contributed by atoms with van der Waals surface area (Å²) in [5.41, 5.74) is 0.859. The molecule has 0 aliphatic carbocycles. The summed E-state index contributed by atoms with van der Waals surface area (Å²) in [4.78, 5) is 30.7. The molecule has 128 valence electrons. The zero-order valence-electron chi connectivity index (χ0n) is 13.1. The van der Waals surface area contributed by atoms with Gasteiger partial charge >= 0.3 is 6.03 Å². The Labute approximate surface area is 147 Å². The van der Waals surface area contributed by atoms with E-state index in [1.807, 2.05) is 0 Å². The Morgan fingerprint density at radius 2 is 2.12 bits per heavy atom. The van der Waals surface area contributed by atoms with Crippen molar-refractivity contribution in [1.82, 2.24) is 15.3 Å². The average molecular weight is 361 g/mol. The molecule has 3 N–H and O–H groups in total. The minimum absolute atomic E-state index is 0.0800. The molecule has 0 unspecified atom stereocenters. The molecule has 3 aromatic rings. The summed E-state index contributed by atoms with van der Waals surface area (Å²) in [7, 11) is 0. The maximum Gasteiger partial charge on any atom is 0.319 e. The number of hydrogen-bond donors (Lipinski definition) is 3. The topological polar surface area (TPSA) is 86.9 Å². The molecule has 8 heteroatoms. The highest BCUT2D eigenvalue weighted by Gasteiger charge is 2.14. The number of aromatic nitrogens is 2. The molecule has 0 bridgehead atoms. The summed E-state index contributed by atoms with van der Waals surface area (Å²) in [5, 5.41) is 6.40. The van der Waals surface area contributed by atoms with Crippen LogP contribution in [0.3, 0.4) is 0 Å². The van der Waals surface area contributed by atoms with Crippen molar-refractivity contribution in [2.45, 2.75) is 13.0 Å². The predicted molar refractivity (Wildman–Crippen MR) is 94.3 cm³/mol. The molecule has 0 radical (unpaired) electrons. The maximum atomic E-state index is 13.2. The van der Waals surface area contributed by atoms with Crippen molar-refractivity contribution < 1.29 is 9.18 Å². The number of fused-ring (bicyclic) bond motifs is 1. The number of halogens is 2. The third-order valence-electron chi connectivity index (χ3n) is 3.73. The van der Waals surface area contributed by atoms with E-state index in [0.29, 0.717) is 16.5 Å². The van der Waals surface area contributed by atoms with Gasteiger partial charge in [0.05, 0.1) is 16.5 Å². The van der Waals surface area contributed by atoms with Crippen LogP contribution >= 0.6 is 11.6 Å². The number of H-pyrrole nitrogens is 1. The first-order valence-electron chi connectivity index (χ1n) is 7.43. The zero-order chi connectivity index (χ0) is 18.0. The smallest absolute Gasteiger partial charge is 0.319 e. The quantitative estimate of drug-likeness (QED) is 0.667. The first kappa shape index (κ1) is 16.9. The summed E-state index contributed by atoms with van der Waals surface area (Å²) in [5.74, 6) is -0.562. The number of aromatic amines is 1. The summed E-state index contributed by atoms with van der Waals surface area (Å²) >= 11 is 5.69. The van der Waals surface area contributed by atoms with Gasteiger partial charge in [0.2, 0.25) is 0 Å². The number of amides is 2. The van der Waals surface area contributed by atoms with Crippen LogP contribution in [-0.2, 0) is 0 Å². The highest BCUT2D eigenvalue weighted by molar-refractivity contribution is 6.31. The van der Waals surface area contributed by atoms with Gasteiger partial charge in [0.15, 0.2) is 0 Å². The lowest BCUT2D eigenvalue weighted by Gasteiger charge is -2.16. The number of rotatable bonds is 3. The van der Waals surface area contributed by atoms with Crippen LogP contribution < -0.4 is 16.2 Å². The Morgan fingerprint density at radius 3 is 2.88 bits per heavy atom. The Balaban J connectivity index is 1.79. The molecule has 0 aliphatic heterocycles. The molecule has 1 aromatic carbocycles. The van der Waals surface area contributed by atoms with E-state index in [-0.39, 0.29) is 10.6 Å². The summed E-state index contributed by atoms with van der Waals surface area (Å²) < 4.78 is 13.2. The van der Waals surface area contributed by atoms with E-state index in [9.17, 15) is 14.0 Å². The van der Waals surface area contributed by atoms with Crippen molar-refractivity contribution in [1.29, 1.82) is 0 Å². The Bertz CT molecular complexity index is 1010. The summed E-state index contributed by atoms with van der Waals surface area (Å²) in [6.07, 6.45) is 4.66. The highest BCUT2D eigenvalue weighted by atomic mass is 35.5. The van der Waals surface area contributed by atoms with E-state index in [0.717, 1.165) is 5.56 Å². The lowest BCUT2D eigenvalue weighted by molar-refractivity contribution is 0.249. The van der Waals surface area contributed by atoms with Crippen LogP contribution in [0.1, 0.15) is 18.5 Å². The minimum Gasteiger partial charge on any atom is -0.331 e. The molecule has 0 aliphatic rings. The van der Waals surface area contributed by atoms with E-state index in [2.05, 4.69) is 20.6 Å². The van der Waals surface area contributed by atoms with Crippen molar-refractivity contribution in [2.75, 3.05) is 5.32 Å². The fourth-order valence-electron chi connectivity index (χ4n) is 2.50. The van der Waals surface area contributed by atoms with Crippen LogP contribution in [0.2, 0.25) is 5.02 Å². The molecule has 25 heavy (non-hydrogen) atoms. The van der Waals surface area contributed by atoms with Gasteiger partial charge in [-0.15, -0.1) is 0 Å². The van der Waals surface area contributed by atoms with Gasteiger partial charge < -0.3 is 15.6 Å². The molecule has 2 amide bonds. The number of carbonyl (C=O) groups is 1. The Morgan fingerprint density at radius 1 is 1.32 bits per heavy atom. The number of nitrogens with one attached hydrogen (secondary N) is 3. The predicted octanol–water partition coefficient (Wildman–Crippen LogP) is 3.60. The normalized spacial score (nSPS) is 12.0. The monoisotopic (exact) mass is 360 g/mol. The standard InChI is InChI=1S/C17H14ClFN4O2/c1-9(12-8-21-16(24)11-4-5-20-7-13(11)12)22-17(25)23-10-2-3-15(19)14(18)6-10/h2-9H,1H3,(H,21,24)(H2,22,23,25)/t9-/m0/s1. The average Bonchev–Trinajstić information content (AvgIpc) is 2.58. The second-order valence-electron chi connectivity index (χ2n) is 5.44. The molecule has 0 fully saturated rings. The fraction of sp³-hybridized carbons (Fsp3) is 0.118. The highest BCUT2D eigenvalue weighted by Crippen LogP contribution is 2.21. The molecule has 3 rings (SSSR count). The van der Waals surface area contributed by atoms with E-state index >= 15 is 0 Å². The third kappa shape index (κ3) is 3.61. The van der Waals surface area contributed by atoms with Crippen molar-refractivity contribution in [2.24, 2.45) is 0 Å². The van der Waals surface area contributed by atoms with Gasteiger partial charge in [-0.25, -0.2) is 9.18 Å². The second kappa shape index (κ2) is 6.90. The number of urea groups is 1. The van der Waals surface area contributed by atoms with Crippen LogP contribution in [0, 0.1) is 5.82 Å². The first-order chi connectivity index (χ1) is 12.0. The molecule has 2 aromatic heterocycles. The second-order valence-corrected chi connectivity index (χ2v) is 5.85. The summed E-state index contributed by atoms with van der Waals surface area (Å²) in [6, 6.07) is 4.62. The van der Waals surface area contributed by atoms with Crippen LogP contribution in [0.5, 0.6) is 0 Å².